The van der Waals surface area contributed by atoms with Gasteiger partial charge in [-0.25, -0.2) is 18.4 Å². The summed E-state index contributed by atoms with van der Waals surface area (Å²) in [7, 11) is 0. The lowest BCUT2D eigenvalue weighted by atomic mass is 10.1. The van der Waals surface area contributed by atoms with Crippen LogP contribution in [0.25, 0.3) is 0 Å². The van der Waals surface area contributed by atoms with Gasteiger partial charge >= 0.3 is 12.1 Å². The quantitative estimate of drug-likeness (QED) is 0.875. The van der Waals surface area contributed by atoms with Crippen LogP contribution in [-0.4, -0.2) is 33.9 Å². The topological polar surface area (TPSA) is 66.8 Å². The monoisotopic (exact) mass is 379 g/mol. The van der Waals surface area contributed by atoms with Crippen molar-refractivity contribution < 1.29 is 28.2 Å². The van der Waals surface area contributed by atoms with Crippen molar-refractivity contribution in [1.29, 1.82) is 0 Å². The van der Waals surface area contributed by atoms with Crippen molar-refractivity contribution in [3.05, 3.63) is 71.3 Å². The van der Waals surface area contributed by atoms with Crippen LogP contribution in [0.1, 0.15) is 16.5 Å². The Balaban J connectivity index is 1.84. The SMILES string of the molecule is O=C(O)[C@H]1CSC(c2cc(F)ccc2F)N1C(=O)OCc1ccccc1. The molecule has 2 aromatic carbocycles. The van der Waals surface area contributed by atoms with E-state index in [9.17, 15) is 23.5 Å². The van der Waals surface area contributed by atoms with Crippen LogP contribution in [0.5, 0.6) is 0 Å². The molecule has 1 amide bonds. The molecule has 0 aliphatic carbocycles. The van der Waals surface area contributed by atoms with Gasteiger partial charge in [0.05, 0.1) is 0 Å². The molecule has 5 nitrogen and oxygen atoms in total. The van der Waals surface area contributed by atoms with E-state index in [1.165, 1.54) is 0 Å². The zero-order chi connectivity index (χ0) is 18.7. The number of hydrogen-bond donors (Lipinski definition) is 1. The highest BCUT2D eigenvalue weighted by Gasteiger charge is 2.44. The molecular weight excluding hydrogens is 364 g/mol. The summed E-state index contributed by atoms with van der Waals surface area (Å²) in [6, 6.07) is 10.6. The second-order valence-corrected chi connectivity index (χ2v) is 6.77. The van der Waals surface area contributed by atoms with Crippen LogP contribution >= 0.6 is 11.8 Å². The smallest absolute Gasteiger partial charge is 0.412 e. The second kappa shape index (κ2) is 7.74. The third-order valence-corrected chi connectivity index (χ3v) is 5.23. The number of benzene rings is 2. The van der Waals surface area contributed by atoms with Crippen molar-refractivity contribution in [2.24, 2.45) is 0 Å². The van der Waals surface area contributed by atoms with Crippen molar-refractivity contribution in [1.82, 2.24) is 4.90 Å². The van der Waals surface area contributed by atoms with Gasteiger partial charge in [-0.15, -0.1) is 11.8 Å². The summed E-state index contributed by atoms with van der Waals surface area (Å²) in [6.45, 7) is -0.0501. The first-order chi connectivity index (χ1) is 12.5. The summed E-state index contributed by atoms with van der Waals surface area (Å²) < 4.78 is 32.9. The second-order valence-electron chi connectivity index (χ2n) is 5.65. The Hall–Kier alpha value is -2.61. The fourth-order valence-electron chi connectivity index (χ4n) is 2.66. The first-order valence-electron chi connectivity index (χ1n) is 7.75. The summed E-state index contributed by atoms with van der Waals surface area (Å²) in [5.41, 5.74) is 0.642. The maximum Gasteiger partial charge on any atom is 0.412 e. The Kier molecular flexibility index (Phi) is 5.41. The van der Waals surface area contributed by atoms with Crippen LogP contribution in [-0.2, 0) is 16.1 Å². The van der Waals surface area contributed by atoms with Crippen molar-refractivity contribution >= 4 is 23.8 Å². The highest BCUT2D eigenvalue weighted by Crippen LogP contribution is 2.43. The van der Waals surface area contributed by atoms with Gasteiger partial charge in [-0.1, -0.05) is 30.3 Å². The average Bonchev–Trinajstić information content (AvgIpc) is 3.08. The van der Waals surface area contributed by atoms with Crippen molar-refractivity contribution in [2.75, 3.05) is 5.75 Å². The summed E-state index contributed by atoms with van der Waals surface area (Å²) in [5, 5.41) is 8.40. The molecular formula is C18H15F2NO4S. The van der Waals surface area contributed by atoms with Gasteiger partial charge < -0.3 is 9.84 Å². The molecule has 0 saturated carbocycles. The predicted octanol–water partition coefficient (Wildman–Crippen LogP) is 3.80. The number of carbonyl (C=O) groups is 2. The third-order valence-electron chi connectivity index (χ3n) is 3.93. The lowest BCUT2D eigenvalue weighted by Gasteiger charge is -2.27. The maximum absolute atomic E-state index is 14.1. The van der Waals surface area contributed by atoms with Crippen LogP contribution < -0.4 is 0 Å². The zero-order valence-electron chi connectivity index (χ0n) is 13.5. The third kappa shape index (κ3) is 3.80. The Bertz CT molecular complexity index is 818. The molecule has 1 aliphatic heterocycles. The van der Waals surface area contributed by atoms with Crippen LogP contribution in [0, 0.1) is 11.6 Å². The number of carbonyl (C=O) groups excluding carboxylic acids is 1. The lowest BCUT2D eigenvalue weighted by molar-refractivity contribution is -0.141. The molecule has 0 radical (unpaired) electrons. The molecule has 2 atom stereocenters. The van der Waals surface area contributed by atoms with E-state index in [4.69, 9.17) is 4.74 Å². The molecule has 136 valence electrons. The van der Waals surface area contributed by atoms with Crippen LogP contribution in [0.15, 0.2) is 48.5 Å². The van der Waals surface area contributed by atoms with E-state index in [1.54, 1.807) is 24.3 Å². The molecule has 8 heteroatoms. The first-order valence-corrected chi connectivity index (χ1v) is 8.80. The normalized spacial score (nSPS) is 19.4. The molecule has 1 heterocycles. The van der Waals surface area contributed by atoms with Crippen molar-refractivity contribution in [2.45, 2.75) is 18.0 Å². The molecule has 1 aliphatic rings. The van der Waals surface area contributed by atoms with Gasteiger partial charge in [0.15, 0.2) is 0 Å². The van der Waals surface area contributed by atoms with Crippen LogP contribution in [0.3, 0.4) is 0 Å². The minimum Gasteiger partial charge on any atom is -0.480 e. The predicted molar refractivity (Wildman–Crippen MR) is 91.4 cm³/mol. The Morgan fingerprint density at radius 1 is 1.19 bits per heavy atom. The minimum absolute atomic E-state index is 0.0501. The van der Waals surface area contributed by atoms with E-state index in [0.29, 0.717) is 0 Å². The highest BCUT2D eigenvalue weighted by atomic mass is 32.2. The number of halogens is 2. The number of nitrogens with zero attached hydrogens (tertiary/aromatic N) is 1. The minimum atomic E-state index is -1.23. The van der Waals surface area contributed by atoms with E-state index < -0.39 is 35.1 Å². The summed E-state index contributed by atoms with van der Waals surface area (Å²) in [5.74, 6) is -2.56. The molecule has 1 unspecified atom stereocenters. The van der Waals surface area contributed by atoms with Gasteiger partial charge in [-0.05, 0) is 23.8 Å². The fraction of sp³-hybridized carbons (Fsp3) is 0.222. The van der Waals surface area contributed by atoms with Crippen LogP contribution in [0.2, 0.25) is 0 Å². The summed E-state index contributed by atoms with van der Waals surface area (Å²) in [4.78, 5) is 25.0. The molecule has 2 aromatic rings. The standard InChI is InChI=1S/C18H15F2NO4S/c19-12-6-7-14(20)13(8-12)16-21(15(10-26-16)17(22)23)18(24)25-9-11-4-2-1-3-5-11/h1-8,15-16H,9-10H2,(H,22,23)/t15-,16?/m1/s1. The molecule has 1 fully saturated rings. The van der Waals surface area contributed by atoms with Gasteiger partial charge in [-0.3, -0.25) is 4.90 Å². The fourth-order valence-corrected chi connectivity index (χ4v) is 4.08. The lowest BCUT2D eigenvalue weighted by Crippen LogP contribution is -2.43. The molecule has 1 N–H and O–H groups in total. The first kappa shape index (κ1) is 18.2. The van der Waals surface area contributed by atoms with Crippen molar-refractivity contribution in [3.8, 4) is 0 Å². The Morgan fingerprint density at radius 3 is 2.62 bits per heavy atom. The van der Waals surface area contributed by atoms with E-state index in [-0.39, 0.29) is 17.9 Å². The molecule has 0 aromatic heterocycles. The van der Waals surface area contributed by atoms with Crippen molar-refractivity contribution in [3.63, 3.8) is 0 Å². The van der Waals surface area contributed by atoms with E-state index in [0.717, 1.165) is 40.4 Å². The largest absolute Gasteiger partial charge is 0.480 e. The van der Waals surface area contributed by atoms with Crippen LogP contribution in [0.4, 0.5) is 13.6 Å². The molecule has 26 heavy (non-hydrogen) atoms. The van der Waals surface area contributed by atoms with Gasteiger partial charge in [0, 0.05) is 11.3 Å². The van der Waals surface area contributed by atoms with E-state index in [2.05, 4.69) is 0 Å². The van der Waals surface area contributed by atoms with Gasteiger partial charge in [-0.2, -0.15) is 0 Å². The number of thioether (sulfide) groups is 1. The highest BCUT2D eigenvalue weighted by molar-refractivity contribution is 7.99. The number of carboxylic acids is 1. The number of aliphatic carboxylic acids is 1. The number of ether oxygens (including phenoxy) is 1. The zero-order valence-corrected chi connectivity index (χ0v) is 14.3. The molecule has 0 spiro atoms. The number of hydrogen-bond acceptors (Lipinski definition) is 4. The Labute approximate surface area is 152 Å². The van der Waals surface area contributed by atoms with Gasteiger partial charge in [0.1, 0.15) is 29.7 Å². The maximum atomic E-state index is 14.1. The van der Waals surface area contributed by atoms with E-state index in [1.807, 2.05) is 6.07 Å². The van der Waals surface area contributed by atoms with Gasteiger partial charge in [0.25, 0.3) is 0 Å². The van der Waals surface area contributed by atoms with Gasteiger partial charge in [0.2, 0.25) is 0 Å². The number of amides is 1. The average molecular weight is 379 g/mol. The summed E-state index contributed by atoms with van der Waals surface area (Å²) >= 11 is 1.05. The van der Waals surface area contributed by atoms with E-state index >= 15 is 0 Å². The number of carboxylic acid groups (broad SMARTS) is 1. The number of rotatable bonds is 4. The molecule has 0 bridgehead atoms. The summed E-state index contributed by atoms with van der Waals surface area (Å²) in [6.07, 6.45) is -0.889. The molecule has 1 saturated heterocycles. The Morgan fingerprint density at radius 2 is 1.92 bits per heavy atom. The molecule has 3 rings (SSSR count).